The summed E-state index contributed by atoms with van der Waals surface area (Å²) < 4.78 is 0. The van der Waals surface area contributed by atoms with Crippen molar-refractivity contribution in [3.05, 3.63) is 92.6 Å². The lowest BCUT2D eigenvalue weighted by atomic mass is 9.95. The molecule has 1 amide bonds. The third kappa shape index (κ3) is 3.77. The van der Waals surface area contributed by atoms with Crippen LogP contribution in [0.3, 0.4) is 0 Å². The van der Waals surface area contributed by atoms with E-state index in [2.05, 4.69) is 21.6 Å². The summed E-state index contributed by atoms with van der Waals surface area (Å²) in [5.41, 5.74) is 2.99. The summed E-state index contributed by atoms with van der Waals surface area (Å²) in [5, 5.41) is 19.4. The number of H-pyrrole nitrogens is 1. The average molecular weight is 427 g/mol. The Bertz CT molecular complexity index is 1370. The quantitative estimate of drug-likeness (QED) is 0.484. The van der Waals surface area contributed by atoms with E-state index in [1.54, 1.807) is 0 Å². The Hall–Kier alpha value is -4.02. The fourth-order valence-electron chi connectivity index (χ4n) is 3.37. The number of carbonyl (C=O) groups excluding carboxylic acids is 1. The lowest BCUT2D eigenvalue weighted by Crippen LogP contribution is -2.26. The minimum Gasteiger partial charge on any atom is -0.312 e. The zero-order valence-corrected chi connectivity index (χ0v) is 17.7. The Balaban J connectivity index is 1.92. The molecule has 2 aromatic carbocycles. The molecule has 0 aliphatic rings. The van der Waals surface area contributed by atoms with Gasteiger partial charge in [-0.05, 0) is 25.0 Å². The van der Waals surface area contributed by atoms with Crippen molar-refractivity contribution in [2.45, 2.75) is 13.8 Å². The molecule has 152 valence electrons. The first-order chi connectivity index (χ1) is 15.0. The van der Waals surface area contributed by atoms with Gasteiger partial charge in [0.25, 0.3) is 11.5 Å². The zero-order valence-electron chi connectivity index (χ0n) is 16.9. The van der Waals surface area contributed by atoms with Gasteiger partial charge in [-0.15, -0.1) is 11.3 Å². The second-order valence-corrected chi connectivity index (χ2v) is 8.16. The number of carbonyl (C=O) groups is 1. The highest BCUT2D eigenvalue weighted by Crippen LogP contribution is 2.34. The monoisotopic (exact) mass is 426 g/mol. The molecule has 2 aromatic heterocycles. The van der Waals surface area contributed by atoms with Gasteiger partial charge in [-0.1, -0.05) is 60.7 Å². The van der Waals surface area contributed by atoms with Crippen molar-refractivity contribution >= 4 is 22.2 Å². The first-order valence-electron chi connectivity index (χ1n) is 9.56. The van der Waals surface area contributed by atoms with Gasteiger partial charge in [-0.3, -0.25) is 9.59 Å². The van der Waals surface area contributed by atoms with Gasteiger partial charge in [0, 0.05) is 16.0 Å². The van der Waals surface area contributed by atoms with E-state index in [0.29, 0.717) is 27.4 Å². The fourth-order valence-corrected chi connectivity index (χ4v) is 4.38. The molecule has 2 heterocycles. The molecule has 0 bridgehead atoms. The second kappa shape index (κ2) is 8.38. The lowest BCUT2D eigenvalue weighted by molar-refractivity contribution is 0.102. The maximum absolute atomic E-state index is 13.3. The Morgan fingerprint density at radius 3 is 2.26 bits per heavy atom. The number of anilines is 1. The SMILES string of the molecule is Cc1sc(NC(=O)c2c(-c3ccccc3)c(-c3ccccc3)n[nH]c2=O)c(C#N)c1C. The zero-order chi connectivity index (χ0) is 22.0. The van der Waals surface area contributed by atoms with Crippen molar-refractivity contribution in [2.75, 3.05) is 5.32 Å². The summed E-state index contributed by atoms with van der Waals surface area (Å²) in [4.78, 5) is 27.1. The minimum absolute atomic E-state index is 0.0485. The maximum atomic E-state index is 13.3. The summed E-state index contributed by atoms with van der Waals surface area (Å²) in [6.45, 7) is 3.72. The van der Waals surface area contributed by atoms with E-state index >= 15 is 0 Å². The molecule has 6 nitrogen and oxygen atoms in total. The number of rotatable bonds is 4. The van der Waals surface area contributed by atoms with Crippen LogP contribution in [-0.4, -0.2) is 16.1 Å². The third-order valence-corrected chi connectivity index (χ3v) is 6.17. The van der Waals surface area contributed by atoms with Gasteiger partial charge in [0.1, 0.15) is 16.6 Å². The number of nitrogens with one attached hydrogen (secondary N) is 2. The molecule has 0 atom stereocenters. The van der Waals surface area contributed by atoms with Gasteiger partial charge in [0.05, 0.1) is 11.3 Å². The number of aromatic nitrogens is 2. The summed E-state index contributed by atoms with van der Waals surface area (Å²) in [5.74, 6) is -0.586. The first-order valence-corrected chi connectivity index (χ1v) is 10.4. The van der Waals surface area contributed by atoms with E-state index < -0.39 is 11.5 Å². The molecule has 0 unspecified atom stereocenters. The van der Waals surface area contributed by atoms with Crippen LogP contribution in [0.2, 0.25) is 0 Å². The largest absolute Gasteiger partial charge is 0.312 e. The molecular weight excluding hydrogens is 408 g/mol. The highest BCUT2D eigenvalue weighted by atomic mass is 32.1. The van der Waals surface area contributed by atoms with Crippen molar-refractivity contribution < 1.29 is 4.79 Å². The maximum Gasteiger partial charge on any atom is 0.277 e. The number of hydrogen-bond donors (Lipinski definition) is 2. The fraction of sp³-hybridized carbons (Fsp3) is 0.0833. The number of amides is 1. The van der Waals surface area contributed by atoms with Crippen LogP contribution in [0, 0.1) is 25.2 Å². The molecule has 0 saturated heterocycles. The molecule has 0 aliphatic heterocycles. The number of hydrogen-bond acceptors (Lipinski definition) is 5. The van der Waals surface area contributed by atoms with Gasteiger partial charge in [0.2, 0.25) is 0 Å². The molecular formula is C24H18N4O2S. The highest BCUT2D eigenvalue weighted by Gasteiger charge is 2.24. The second-order valence-electron chi connectivity index (χ2n) is 6.94. The van der Waals surface area contributed by atoms with Crippen LogP contribution in [0.5, 0.6) is 0 Å². The molecule has 2 N–H and O–H groups in total. The molecule has 0 radical (unpaired) electrons. The third-order valence-electron chi connectivity index (χ3n) is 5.04. The molecule has 4 rings (SSSR count). The van der Waals surface area contributed by atoms with Crippen LogP contribution in [-0.2, 0) is 0 Å². The topological polar surface area (TPSA) is 98.6 Å². The number of benzene rings is 2. The van der Waals surface area contributed by atoms with Crippen LogP contribution >= 0.6 is 11.3 Å². The van der Waals surface area contributed by atoms with Crippen molar-refractivity contribution in [1.29, 1.82) is 5.26 Å². The molecule has 0 aliphatic carbocycles. The van der Waals surface area contributed by atoms with Crippen LogP contribution in [0.1, 0.15) is 26.4 Å². The van der Waals surface area contributed by atoms with Gasteiger partial charge < -0.3 is 5.32 Å². The Morgan fingerprint density at radius 2 is 1.65 bits per heavy atom. The summed E-state index contributed by atoms with van der Waals surface area (Å²) in [6, 6.07) is 20.7. The van der Waals surface area contributed by atoms with Gasteiger partial charge in [0.15, 0.2) is 0 Å². The smallest absolute Gasteiger partial charge is 0.277 e. The lowest BCUT2D eigenvalue weighted by Gasteiger charge is -2.13. The molecule has 0 spiro atoms. The number of aromatic amines is 1. The van der Waals surface area contributed by atoms with Crippen molar-refractivity contribution in [3.63, 3.8) is 0 Å². The van der Waals surface area contributed by atoms with Gasteiger partial charge in [-0.2, -0.15) is 10.4 Å². The van der Waals surface area contributed by atoms with E-state index in [1.165, 1.54) is 11.3 Å². The van der Waals surface area contributed by atoms with Gasteiger partial charge >= 0.3 is 0 Å². The molecule has 0 saturated carbocycles. The van der Waals surface area contributed by atoms with Crippen LogP contribution in [0.4, 0.5) is 5.00 Å². The van der Waals surface area contributed by atoms with Crippen LogP contribution in [0.25, 0.3) is 22.4 Å². The Labute approximate surface area is 182 Å². The van der Waals surface area contributed by atoms with E-state index in [4.69, 9.17) is 0 Å². The van der Waals surface area contributed by atoms with E-state index in [1.807, 2.05) is 74.5 Å². The normalized spacial score (nSPS) is 10.5. The van der Waals surface area contributed by atoms with E-state index in [9.17, 15) is 14.9 Å². The minimum atomic E-state index is -0.598. The van der Waals surface area contributed by atoms with Gasteiger partial charge in [-0.25, -0.2) is 5.10 Å². The Kier molecular flexibility index (Phi) is 5.48. The average Bonchev–Trinajstić information content (AvgIpc) is 3.06. The van der Waals surface area contributed by atoms with E-state index in [0.717, 1.165) is 16.0 Å². The number of nitriles is 1. The van der Waals surface area contributed by atoms with Crippen LogP contribution in [0.15, 0.2) is 65.5 Å². The highest BCUT2D eigenvalue weighted by molar-refractivity contribution is 7.16. The molecule has 7 heteroatoms. The predicted octanol–water partition coefficient (Wildman–Crippen LogP) is 4.91. The standard InChI is InChI=1S/C24H18N4O2S/c1-14-15(2)31-24(18(14)13-25)26-22(29)20-19(16-9-5-3-6-10-16)21(27-28-23(20)30)17-11-7-4-8-12-17/h3-12H,1-2H3,(H,26,29)(H,28,30). The summed E-state index contributed by atoms with van der Waals surface area (Å²) in [7, 11) is 0. The number of aryl methyl sites for hydroxylation is 1. The summed E-state index contributed by atoms with van der Waals surface area (Å²) in [6.07, 6.45) is 0. The molecule has 0 fully saturated rings. The molecule has 31 heavy (non-hydrogen) atoms. The Morgan fingerprint density at radius 1 is 1.03 bits per heavy atom. The number of nitrogens with zero attached hydrogens (tertiary/aromatic N) is 2. The van der Waals surface area contributed by atoms with Crippen LogP contribution < -0.4 is 10.9 Å². The summed E-state index contributed by atoms with van der Waals surface area (Å²) >= 11 is 1.31. The predicted molar refractivity (Wildman–Crippen MR) is 122 cm³/mol. The van der Waals surface area contributed by atoms with Crippen molar-refractivity contribution in [1.82, 2.24) is 10.2 Å². The van der Waals surface area contributed by atoms with Crippen molar-refractivity contribution in [2.24, 2.45) is 0 Å². The molecule has 4 aromatic rings. The number of thiophene rings is 1. The van der Waals surface area contributed by atoms with Crippen molar-refractivity contribution in [3.8, 4) is 28.5 Å². The first kappa shape index (κ1) is 20.3. The van der Waals surface area contributed by atoms with E-state index in [-0.39, 0.29) is 5.56 Å².